The summed E-state index contributed by atoms with van der Waals surface area (Å²) in [6.07, 6.45) is 13.6. The van der Waals surface area contributed by atoms with Crippen LogP contribution in [0.3, 0.4) is 0 Å². The summed E-state index contributed by atoms with van der Waals surface area (Å²) < 4.78 is 0. The number of amides is 1. The van der Waals surface area contributed by atoms with E-state index in [4.69, 9.17) is 0 Å². The molecule has 0 radical (unpaired) electrons. The fourth-order valence-electron chi connectivity index (χ4n) is 10.5. The molecule has 8 atom stereocenters. The molecule has 0 aliphatic heterocycles. The van der Waals surface area contributed by atoms with Crippen LogP contribution >= 0.6 is 0 Å². The van der Waals surface area contributed by atoms with Gasteiger partial charge in [-0.2, -0.15) is 5.26 Å². The normalized spacial score (nSPS) is 46.7. The molecule has 6 aliphatic rings. The van der Waals surface area contributed by atoms with Gasteiger partial charge in [0.15, 0.2) is 11.6 Å². The molecule has 0 aromatic heterocycles. The van der Waals surface area contributed by atoms with Crippen molar-refractivity contribution in [1.29, 1.82) is 5.26 Å². The lowest BCUT2D eigenvalue weighted by molar-refractivity contribution is -0.163. The van der Waals surface area contributed by atoms with E-state index in [2.05, 4.69) is 46.0 Å². The number of ketones is 2. The monoisotopic (exact) mass is 530 g/mol. The highest BCUT2D eigenvalue weighted by Crippen LogP contribution is 2.72. The molecule has 210 valence electrons. The maximum atomic E-state index is 14.5. The van der Waals surface area contributed by atoms with Gasteiger partial charge in [-0.1, -0.05) is 59.6 Å². The molecule has 0 heterocycles. The third-order valence-corrected chi connectivity index (χ3v) is 13.4. The molecule has 39 heavy (non-hydrogen) atoms. The lowest BCUT2D eigenvalue weighted by Gasteiger charge is -2.68. The number of allylic oxidation sites excluding steroid dienone is 4. The van der Waals surface area contributed by atoms with Gasteiger partial charge in [-0.05, 0) is 91.9 Å². The van der Waals surface area contributed by atoms with E-state index in [1.54, 1.807) is 0 Å². The van der Waals surface area contributed by atoms with Crippen molar-refractivity contribution < 1.29 is 14.4 Å². The smallest absolute Gasteiger partial charge is 0.223 e. The van der Waals surface area contributed by atoms with Crippen LogP contribution in [0.15, 0.2) is 23.3 Å². The SMILES string of the molecule is C[C@@H]1C(=O)C(C#N)=C[C@]2(C)C3=CC(=O)C4C5CC(C)(C)CC[C@]5(NC(=O)C5CCC5)CC[C@@]4(C)[C@]3(C)CC[C@@H]12. The van der Waals surface area contributed by atoms with Crippen molar-refractivity contribution in [1.82, 2.24) is 5.32 Å². The average molecular weight is 531 g/mol. The van der Waals surface area contributed by atoms with Gasteiger partial charge in [-0.15, -0.1) is 0 Å². The predicted octanol–water partition coefficient (Wildman–Crippen LogP) is 6.48. The van der Waals surface area contributed by atoms with Crippen molar-refractivity contribution in [2.24, 2.45) is 51.2 Å². The number of Topliss-reactive ketones (excluding diaryl/α,β-unsaturated/α-hetero) is 1. The van der Waals surface area contributed by atoms with E-state index in [-0.39, 0.29) is 74.4 Å². The number of fused-ring (bicyclic) bond motifs is 7. The van der Waals surface area contributed by atoms with Crippen LogP contribution in [0.1, 0.15) is 106 Å². The Labute approximate surface area is 234 Å². The van der Waals surface area contributed by atoms with Crippen molar-refractivity contribution in [3.63, 3.8) is 0 Å². The molecule has 1 N–H and O–H groups in total. The lowest BCUT2D eigenvalue weighted by Crippen LogP contribution is -2.70. The Kier molecular flexibility index (Phi) is 5.81. The highest BCUT2D eigenvalue weighted by Gasteiger charge is 2.69. The van der Waals surface area contributed by atoms with Gasteiger partial charge in [0.05, 0.1) is 5.57 Å². The third kappa shape index (κ3) is 3.51. The lowest BCUT2D eigenvalue weighted by atomic mass is 9.35. The second-order valence-electron chi connectivity index (χ2n) is 15.7. The predicted molar refractivity (Wildman–Crippen MR) is 150 cm³/mol. The van der Waals surface area contributed by atoms with E-state index in [1.807, 2.05) is 19.1 Å². The Morgan fingerprint density at radius 2 is 1.67 bits per heavy atom. The van der Waals surface area contributed by atoms with Crippen LogP contribution in [-0.4, -0.2) is 23.0 Å². The van der Waals surface area contributed by atoms with Crippen LogP contribution in [0.25, 0.3) is 0 Å². The summed E-state index contributed by atoms with van der Waals surface area (Å²) in [6.45, 7) is 13.5. The maximum absolute atomic E-state index is 14.5. The topological polar surface area (TPSA) is 87.0 Å². The molecule has 2 unspecified atom stereocenters. The first-order valence-corrected chi connectivity index (χ1v) is 15.5. The fraction of sp³-hybridized carbons (Fsp3) is 0.765. The second-order valence-corrected chi connectivity index (χ2v) is 15.7. The Morgan fingerprint density at radius 3 is 2.31 bits per heavy atom. The van der Waals surface area contributed by atoms with Crippen molar-refractivity contribution in [2.45, 2.75) is 111 Å². The van der Waals surface area contributed by atoms with Crippen molar-refractivity contribution in [2.75, 3.05) is 0 Å². The van der Waals surface area contributed by atoms with Crippen LogP contribution in [0.5, 0.6) is 0 Å². The second kappa shape index (κ2) is 8.40. The third-order valence-electron chi connectivity index (χ3n) is 13.4. The summed E-state index contributed by atoms with van der Waals surface area (Å²) in [4.78, 5) is 40.8. The van der Waals surface area contributed by atoms with Gasteiger partial charge in [0.25, 0.3) is 0 Å². The Hall–Kier alpha value is -2.22. The molecular formula is C34H46N2O3. The molecule has 6 aliphatic carbocycles. The van der Waals surface area contributed by atoms with Gasteiger partial charge in [0.2, 0.25) is 5.91 Å². The van der Waals surface area contributed by atoms with Crippen molar-refractivity contribution >= 4 is 17.5 Å². The standard InChI is InChI=1S/C34H46N2O3/c1-20-23-10-11-32(5)26(31(23,4)17-22(19-35)28(20)38)16-25(37)27-24-18-30(2,3)12-14-34(24,15-13-33(27,32)6)36-29(39)21-8-7-9-21/h16-17,20-21,23-24,27H,7-15,18H2,1-6H3,(H,36,39)/t20-,23-,24?,27?,31-,32+,33+,34-/m0/s1. The fourth-order valence-corrected chi connectivity index (χ4v) is 10.5. The largest absolute Gasteiger partial charge is 0.350 e. The summed E-state index contributed by atoms with van der Waals surface area (Å²) in [6, 6.07) is 2.17. The summed E-state index contributed by atoms with van der Waals surface area (Å²) in [5, 5.41) is 13.4. The number of nitrogens with one attached hydrogen (secondary N) is 1. The molecule has 0 aromatic rings. The number of hydrogen-bond donors (Lipinski definition) is 1. The zero-order chi connectivity index (χ0) is 28.2. The van der Waals surface area contributed by atoms with Gasteiger partial charge >= 0.3 is 0 Å². The van der Waals surface area contributed by atoms with Crippen LogP contribution < -0.4 is 5.32 Å². The molecule has 4 saturated carbocycles. The van der Waals surface area contributed by atoms with Gasteiger partial charge in [0, 0.05) is 28.7 Å². The van der Waals surface area contributed by atoms with Crippen LogP contribution in [-0.2, 0) is 14.4 Å². The minimum atomic E-state index is -0.478. The van der Waals surface area contributed by atoms with Crippen LogP contribution in [0.2, 0.25) is 0 Å². The molecule has 5 heteroatoms. The quantitative estimate of drug-likeness (QED) is 0.442. The van der Waals surface area contributed by atoms with E-state index >= 15 is 0 Å². The highest BCUT2D eigenvalue weighted by molar-refractivity contribution is 6.02. The molecular weight excluding hydrogens is 484 g/mol. The molecule has 0 saturated heterocycles. The number of hydrogen-bond acceptors (Lipinski definition) is 4. The van der Waals surface area contributed by atoms with Crippen LogP contribution in [0, 0.1) is 62.6 Å². The van der Waals surface area contributed by atoms with E-state index in [0.717, 1.165) is 69.8 Å². The average Bonchev–Trinajstić information content (AvgIpc) is 2.82. The molecule has 0 aromatic carbocycles. The van der Waals surface area contributed by atoms with Gasteiger partial charge in [-0.3, -0.25) is 14.4 Å². The molecule has 0 bridgehead atoms. The number of carbonyl (C=O) groups excluding carboxylic acids is 3. The van der Waals surface area contributed by atoms with Gasteiger partial charge < -0.3 is 5.32 Å². The van der Waals surface area contributed by atoms with Gasteiger partial charge in [-0.25, -0.2) is 0 Å². The summed E-state index contributed by atoms with van der Waals surface area (Å²) in [5.41, 5.74) is 0.296. The van der Waals surface area contributed by atoms with E-state index < -0.39 is 5.41 Å². The van der Waals surface area contributed by atoms with Gasteiger partial charge in [0.1, 0.15) is 6.07 Å². The molecule has 0 spiro atoms. The first kappa shape index (κ1) is 27.0. The molecule has 4 fully saturated rings. The molecule has 6 rings (SSSR count). The highest BCUT2D eigenvalue weighted by atomic mass is 16.2. The Morgan fingerprint density at radius 1 is 0.974 bits per heavy atom. The summed E-state index contributed by atoms with van der Waals surface area (Å²) in [5.74, 6) is 0.368. The zero-order valence-corrected chi connectivity index (χ0v) is 24.8. The minimum Gasteiger partial charge on any atom is -0.350 e. The van der Waals surface area contributed by atoms with E-state index in [9.17, 15) is 19.6 Å². The maximum Gasteiger partial charge on any atom is 0.223 e. The first-order chi connectivity index (χ1) is 18.2. The Bertz CT molecular complexity index is 1250. The van der Waals surface area contributed by atoms with E-state index in [0.29, 0.717) is 0 Å². The number of carbonyl (C=O) groups is 3. The Balaban J connectivity index is 1.46. The summed E-state index contributed by atoms with van der Waals surface area (Å²) in [7, 11) is 0. The van der Waals surface area contributed by atoms with E-state index in [1.165, 1.54) is 0 Å². The van der Waals surface area contributed by atoms with Crippen molar-refractivity contribution in [3.05, 3.63) is 23.3 Å². The number of nitrogens with zero attached hydrogens (tertiary/aromatic N) is 1. The van der Waals surface area contributed by atoms with Crippen molar-refractivity contribution in [3.8, 4) is 6.07 Å². The number of rotatable bonds is 2. The van der Waals surface area contributed by atoms with Crippen LogP contribution in [0.4, 0.5) is 0 Å². The minimum absolute atomic E-state index is 0.0514. The zero-order valence-electron chi connectivity index (χ0n) is 24.8. The molecule has 5 nitrogen and oxygen atoms in total. The first-order valence-electron chi connectivity index (χ1n) is 15.5. The summed E-state index contributed by atoms with van der Waals surface area (Å²) >= 11 is 0. The number of nitriles is 1. The molecule has 1 amide bonds.